The minimum atomic E-state index is -0.385. The lowest BCUT2D eigenvalue weighted by molar-refractivity contribution is 0.100. The highest BCUT2D eigenvalue weighted by molar-refractivity contribution is 5.99. The summed E-state index contributed by atoms with van der Waals surface area (Å²) in [4.78, 5) is 29.8. The predicted octanol–water partition coefficient (Wildman–Crippen LogP) is 2.49. The molecule has 6 nitrogen and oxygen atoms in total. The molecule has 0 bridgehead atoms. The lowest BCUT2D eigenvalue weighted by atomic mass is 9.82. The number of hydrogen-bond donors (Lipinski definition) is 1. The van der Waals surface area contributed by atoms with Gasteiger partial charge in [-0.25, -0.2) is 4.79 Å². The largest absolute Gasteiger partial charge is 0.371 e. The van der Waals surface area contributed by atoms with Gasteiger partial charge in [0.1, 0.15) is 0 Å². The van der Waals surface area contributed by atoms with E-state index in [0.717, 1.165) is 37.2 Å². The number of anilines is 1. The van der Waals surface area contributed by atoms with Crippen molar-refractivity contribution in [3.63, 3.8) is 0 Å². The van der Waals surface area contributed by atoms with Gasteiger partial charge in [-0.2, -0.15) is 0 Å². The first-order chi connectivity index (χ1) is 12.2. The Morgan fingerprint density at radius 1 is 1.12 bits per heavy atom. The van der Waals surface area contributed by atoms with Crippen molar-refractivity contribution in [2.75, 3.05) is 45.2 Å². The summed E-state index contributed by atoms with van der Waals surface area (Å²) in [6.45, 7) is 7.82. The normalized spacial score (nSPS) is 21.2. The Kier molecular flexibility index (Phi) is 4.86. The van der Waals surface area contributed by atoms with Gasteiger partial charge in [-0.15, -0.1) is 0 Å². The van der Waals surface area contributed by atoms with Crippen LogP contribution in [0.4, 0.5) is 10.5 Å². The fourth-order valence-corrected chi connectivity index (χ4v) is 4.00. The molecule has 1 aromatic carbocycles. The molecule has 2 heterocycles. The van der Waals surface area contributed by atoms with Gasteiger partial charge in [-0.1, -0.05) is 19.9 Å². The molecule has 2 saturated heterocycles. The SMILES string of the molecule is CN1CC(c2ccc(C(N)=O)c(N3CCC(C)(C)CC3)c2)CN(C)C1=O. The highest BCUT2D eigenvalue weighted by Gasteiger charge is 2.30. The van der Waals surface area contributed by atoms with E-state index in [2.05, 4.69) is 24.8 Å². The molecule has 142 valence electrons. The van der Waals surface area contributed by atoms with Crippen LogP contribution in [0.5, 0.6) is 0 Å². The van der Waals surface area contributed by atoms with E-state index >= 15 is 0 Å². The number of rotatable bonds is 3. The quantitative estimate of drug-likeness (QED) is 0.902. The van der Waals surface area contributed by atoms with Crippen LogP contribution in [0.15, 0.2) is 18.2 Å². The lowest BCUT2D eigenvalue weighted by Gasteiger charge is -2.40. The molecular formula is C20H30N4O2. The van der Waals surface area contributed by atoms with E-state index in [9.17, 15) is 9.59 Å². The Morgan fingerprint density at radius 2 is 1.69 bits per heavy atom. The smallest absolute Gasteiger partial charge is 0.319 e. The molecule has 3 amide bonds. The molecule has 0 spiro atoms. The summed E-state index contributed by atoms with van der Waals surface area (Å²) in [5.41, 5.74) is 8.66. The minimum Gasteiger partial charge on any atom is -0.371 e. The fraction of sp³-hybridized carbons (Fsp3) is 0.600. The van der Waals surface area contributed by atoms with E-state index in [1.165, 1.54) is 0 Å². The monoisotopic (exact) mass is 358 g/mol. The number of nitrogens with zero attached hydrogens (tertiary/aromatic N) is 3. The number of likely N-dealkylation sites (N-methyl/N-ethyl adjacent to an activating group) is 2. The van der Waals surface area contributed by atoms with Crippen LogP contribution in [-0.2, 0) is 0 Å². The highest BCUT2D eigenvalue weighted by atomic mass is 16.2. The van der Waals surface area contributed by atoms with E-state index < -0.39 is 0 Å². The first-order valence-corrected chi connectivity index (χ1v) is 9.33. The Morgan fingerprint density at radius 3 is 2.23 bits per heavy atom. The highest BCUT2D eigenvalue weighted by Crippen LogP contribution is 2.35. The predicted molar refractivity (Wildman–Crippen MR) is 104 cm³/mol. The average Bonchev–Trinajstić information content (AvgIpc) is 2.58. The van der Waals surface area contributed by atoms with Crippen molar-refractivity contribution >= 4 is 17.6 Å². The van der Waals surface area contributed by atoms with Gasteiger partial charge >= 0.3 is 6.03 Å². The maximum absolute atomic E-state index is 12.0. The van der Waals surface area contributed by atoms with Crippen LogP contribution < -0.4 is 10.6 Å². The van der Waals surface area contributed by atoms with Gasteiger partial charge < -0.3 is 20.4 Å². The van der Waals surface area contributed by atoms with Gasteiger partial charge in [0.25, 0.3) is 5.91 Å². The number of amides is 3. The lowest BCUT2D eigenvalue weighted by Crippen LogP contribution is -2.49. The topological polar surface area (TPSA) is 69.9 Å². The van der Waals surface area contributed by atoms with Crippen LogP contribution in [0.2, 0.25) is 0 Å². The number of primary amides is 1. The van der Waals surface area contributed by atoms with Gasteiger partial charge in [-0.3, -0.25) is 4.79 Å². The van der Waals surface area contributed by atoms with Gasteiger partial charge in [0.15, 0.2) is 0 Å². The minimum absolute atomic E-state index is 0.0495. The molecule has 2 fully saturated rings. The molecule has 0 aliphatic carbocycles. The summed E-state index contributed by atoms with van der Waals surface area (Å²) in [7, 11) is 3.66. The molecule has 0 saturated carbocycles. The second-order valence-electron chi connectivity index (χ2n) is 8.53. The van der Waals surface area contributed by atoms with E-state index in [1.54, 1.807) is 9.80 Å². The van der Waals surface area contributed by atoms with Crippen LogP contribution in [0.25, 0.3) is 0 Å². The number of nitrogens with two attached hydrogens (primary N) is 1. The maximum Gasteiger partial charge on any atom is 0.319 e. The third-order valence-electron chi connectivity index (χ3n) is 5.86. The van der Waals surface area contributed by atoms with Crippen molar-refractivity contribution in [1.82, 2.24) is 9.80 Å². The van der Waals surface area contributed by atoms with Gasteiger partial charge in [0, 0.05) is 51.9 Å². The first-order valence-electron chi connectivity index (χ1n) is 9.33. The van der Waals surface area contributed by atoms with Crippen LogP contribution in [0.1, 0.15) is 48.5 Å². The van der Waals surface area contributed by atoms with Crippen molar-refractivity contribution in [1.29, 1.82) is 0 Å². The second kappa shape index (κ2) is 6.82. The van der Waals surface area contributed by atoms with Gasteiger partial charge in [-0.05, 0) is 36.0 Å². The van der Waals surface area contributed by atoms with Crippen LogP contribution >= 0.6 is 0 Å². The number of benzene rings is 1. The van der Waals surface area contributed by atoms with Crippen LogP contribution in [0.3, 0.4) is 0 Å². The molecule has 26 heavy (non-hydrogen) atoms. The number of piperidine rings is 1. The Hall–Kier alpha value is -2.24. The molecule has 0 atom stereocenters. The molecule has 0 radical (unpaired) electrons. The summed E-state index contributed by atoms with van der Waals surface area (Å²) in [6.07, 6.45) is 2.19. The van der Waals surface area contributed by atoms with Crippen LogP contribution in [0, 0.1) is 5.41 Å². The summed E-state index contributed by atoms with van der Waals surface area (Å²) < 4.78 is 0. The third-order valence-corrected chi connectivity index (χ3v) is 5.86. The maximum atomic E-state index is 12.0. The van der Waals surface area contributed by atoms with E-state index in [0.29, 0.717) is 24.1 Å². The number of carbonyl (C=O) groups is 2. The Bertz CT molecular complexity index is 692. The Labute approximate surface area is 155 Å². The van der Waals surface area contributed by atoms with Crippen molar-refractivity contribution in [3.05, 3.63) is 29.3 Å². The molecule has 0 aromatic heterocycles. The standard InChI is InChI=1S/C20H30N4O2/c1-20(2)7-9-24(10-8-20)17-11-14(5-6-16(17)18(21)25)15-12-22(3)19(26)23(4)13-15/h5-6,11,15H,7-10,12-13H2,1-4H3,(H2,21,25). The molecule has 2 aliphatic rings. The first kappa shape index (κ1) is 18.5. The molecular weight excluding hydrogens is 328 g/mol. The summed E-state index contributed by atoms with van der Waals surface area (Å²) in [6, 6.07) is 6.00. The van der Waals surface area contributed by atoms with E-state index in [-0.39, 0.29) is 17.9 Å². The third kappa shape index (κ3) is 3.64. The second-order valence-corrected chi connectivity index (χ2v) is 8.53. The molecule has 6 heteroatoms. The number of urea groups is 1. The van der Waals surface area contributed by atoms with E-state index in [4.69, 9.17) is 5.73 Å². The zero-order chi connectivity index (χ0) is 19.1. The summed E-state index contributed by atoms with van der Waals surface area (Å²) in [5, 5.41) is 0. The van der Waals surface area contributed by atoms with E-state index in [1.807, 2.05) is 26.2 Å². The molecule has 2 aliphatic heterocycles. The fourth-order valence-electron chi connectivity index (χ4n) is 4.00. The number of carbonyl (C=O) groups excluding carboxylic acids is 2. The van der Waals surface area contributed by atoms with Gasteiger partial charge in [0.2, 0.25) is 0 Å². The average molecular weight is 358 g/mol. The zero-order valence-electron chi connectivity index (χ0n) is 16.3. The van der Waals surface area contributed by atoms with Crippen molar-refractivity contribution < 1.29 is 9.59 Å². The number of hydrogen-bond acceptors (Lipinski definition) is 3. The molecule has 2 N–H and O–H groups in total. The zero-order valence-corrected chi connectivity index (χ0v) is 16.3. The molecule has 1 aromatic rings. The molecule has 3 rings (SSSR count). The van der Waals surface area contributed by atoms with Crippen LogP contribution in [-0.4, -0.2) is 62.0 Å². The van der Waals surface area contributed by atoms with Crippen molar-refractivity contribution in [2.45, 2.75) is 32.6 Å². The Balaban J connectivity index is 1.90. The molecule has 0 unspecified atom stereocenters. The van der Waals surface area contributed by atoms with Gasteiger partial charge in [0.05, 0.1) is 5.56 Å². The van der Waals surface area contributed by atoms with Crippen molar-refractivity contribution in [3.8, 4) is 0 Å². The van der Waals surface area contributed by atoms with Crippen molar-refractivity contribution in [2.24, 2.45) is 11.1 Å². The summed E-state index contributed by atoms with van der Waals surface area (Å²) >= 11 is 0. The summed E-state index contributed by atoms with van der Waals surface area (Å²) in [5.74, 6) is -0.158.